The molecule has 8 heteroatoms. The number of halogens is 1. The summed E-state index contributed by atoms with van der Waals surface area (Å²) in [6.07, 6.45) is 1.61. The summed E-state index contributed by atoms with van der Waals surface area (Å²) in [4.78, 5) is 12.4. The van der Waals surface area contributed by atoms with E-state index in [0.717, 1.165) is 11.8 Å². The van der Waals surface area contributed by atoms with E-state index in [4.69, 9.17) is 9.47 Å². The number of carbonyl (C=O) groups excluding carboxylic acids is 1. The van der Waals surface area contributed by atoms with E-state index in [2.05, 4.69) is 17.9 Å². The summed E-state index contributed by atoms with van der Waals surface area (Å²) in [6.45, 7) is 0.0817. The molecule has 0 N–H and O–H groups in total. The maximum absolute atomic E-state index is 12.6. The van der Waals surface area contributed by atoms with Crippen molar-refractivity contribution < 1.29 is 18.7 Å². The van der Waals surface area contributed by atoms with Gasteiger partial charge in [0.2, 0.25) is 5.88 Å². The molecule has 1 aromatic heterocycles. The predicted molar refractivity (Wildman–Crippen MR) is 80.6 cm³/mol. The lowest BCUT2D eigenvalue weighted by molar-refractivity contribution is 0.0597. The molecule has 112 valence electrons. The van der Waals surface area contributed by atoms with Crippen LogP contribution in [0.15, 0.2) is 35.4 Å². The van der Waals surface area contributed by atoms with Crippen LogP contribution in [0.25, 0.3) is 0 Å². The molecule has 2 rings (SSSR count). The van der Waals surface area contributed by atoms with Crippen LogP contribution in [0.1, 0.15) is 15.9 Å². The number of hydrogen-bond donors (Lipinski definition) is 1. The number of carbonyl (C=O) groups is 1. The molecule has 21 heavy (non-hydrogen) atoms. The van der Waals surface area contributed by atoms with Gasteiger partial charge >= 0.3 is 5.97 Å². The minimum absolute atomic E-state index is 0.0817. The number of thioether (sulfide) groups is 1. The van der Waals surface area contributed by atoms with Crippen LogP contribution in [0.4, 0.5) is 4.39 Å². The Balaban J connectivity index is 2.27. The van der Waals surface area contributed by atoms with Crippen LogP contribution in [0.3, 0.4) is 0 Å². The topological polar surface area (TPSA) is 53.4 Å². The van der Waals surface area contributed by atoms with Gasteiger partial charge in [-0.3, -0.25) is 0 Å². The standard InChI is InChI=1S/C13H13FN2O3S2/c1-18-13(17)9-3-2-4-11(21-8-14)10(9)7-19-12-5-6-16(20)15-12/h2-6,20H,7-8H2,1H3. The van der Waals surface area contributed by atoms with E-state index in [1.54, 1.807) is 30.5 Å². The highest BCUT2D eigenvalue weighted by Gasteiger charge is 2.16. The number of esters is 1. The first-order chi connectivity index (χ1) is 10.2. The summed E-state index contributed by atoms with van der Waals surface area (Å²) in [7, 11) is 1.30. The van der Waals surface area contributed by atoms with Crippen molar-refractivity contribution in [3.05, 3.63) is 41.6 Å². The maximum Gasteiger partial charge on any atom is 0.338 e. The molecule has 0 bridgehead atoms. The number of ether oxygens (including phenoxy) is 2. The van der Waals surface area contributed by atoms with Gasteiger partial charge < -0.3 is 9.47 Å². The summed E-state index contributed by atoms with van der Waals surface area (Å²) < 4.78 is 24.2. The molecule has 0 amide bonds. The molecule has 5 nitrogen and oxygen atoms in total. The summed E-state index contributed by atoms with van der Waals surface area (Å²) in [5.74, 6) is -0.129. The molecule has 0 radical (unpaired) electrons. The van der Waals surface area contributed by atoms with Gasteiger partial charge in [-0.1, -0.05) is 17.8 Å². The minimum Gasteiger partial charge on any atom is -0.472 e. The molecule has 2 aromatic rings. The number of thiol groups is 1. The summed E-state index contributed by atoms with van der Waals surface area (Å²) in [5, 5.41) is 3.96. The second-order valence-corrected chi connectivity index (χ2v) is 5.25. The largest absolute Gasteiger partial charge is 0.472 e. The molecule has 0 spiro atoms. The van der Waals surface area contributed by atoms with Crippen molar-refractivity contribution in [2.75, 3.05) is 13.1 Å². The first-order valence-electron chi connectivity index (χ1n) is 5.92. The number of hydrogen-bond acceptors (Lipinski definition) is 6. The Morgan fingerprint density at radius 3 is 2.90 bits per heavy atom. The highest BCUT2D eigenvalue weighted by molar-refractivity contribution is 7.99. The Bertz CT molecular complexity index is 634. The summed E-state index contributed by atoms with van der Waals surface area (Å²) in [6, 6.07) is 6.06. The first kappa shape index (κ1) is 15.7. The van der Waals surface area contributed by atoms with Crippen molar-refractivity contribution >= 4 is 30.5 Å². The van der Waals surface area contributed by atoms with Gasteiger partial charge in [-0.05, 0) is 24.9 Å². The molecule has 0 aliphatic carbocycles. The van der Waals surface area contributed by atoms with Gasteiger partial charge in [0.25, 0.3) is 0 Å². The molecule has 0 fully saturated rings. The fraction of sp³-hybridized carbons (Fsp3) is 0.231. The molecule has 0 aliphatic rings. The zero-order valence-electron chi connectivity index (χ0n) is 11.2. The van der Waals surface area contributed by atoms with E-state index >= 15 is 0 Å². The third-order valence-corrected chi connectivity index (χ3v) is 3.69. The third-order valence-electron chi connectivity index (χ3n) is 2.66. The summed E-state index contributed by atoms with van der Waals surface area (Å²) in [5.41, 5.74) is 0.918. The second kappa shape index (κ2) is 7.37. The number of nitrogens with zero attached hydrogens (tertiary/aromatic N) is 2. The predicted octanol–water partition coefficient (Wildman–Crippen LogP) is 2.96. The molecule has 0 aliphatic heterocycles. The fourth-order valence-electron chi connectivity index (χ4n) is 1.73. The van der Waals surface area contributed by atoms with Crippen molar-refractivity contribution in [2.45, 2.75) is 11.5 Å². The zero-order chi connectivity index (χ0) is 15.2. The Kier molecular flexibility index (Phi) is 5.51. The Labute approximate surface area is 131 Å². The fourth-order valence-corrected chi connectivity index (χ4v) is 2.52. The van der Waals surface area contributed by atoms with Crippen molar-refractivity contribution in [3.8, 4) is 5.88 Å². The molecule has 0 atom stereocenters. The Morgan fingerprint density at radius 1 is 1.48 bits per heavy atom. The average Bonchev–Trinajstić information content (AvgIpc) is 2.91. The van der Waals surface area contributed by atoms with E-state index in [1.165, 1.54) is 11.2 Å². The number of benzene rings is 1. The van der Waals surface area contributed by atoms with Crippen molar-refractivity contribution in [3.63, 3.8) is 0 Å². The van der Waals surface area contributed by atoms with Gasteiger partial charge in [0.15, 0.2) is 0 Å². The average molecular weight is 328 g/mol. The lowest BCUT2D eigenvalue weighted by Crippen LogP contribution is -2.09. The van der Waals surface area contributed by atoms with Gasteiger partial charge in [-0.2, -0.15) is 0 Å². The summed E-state index contributed by atoms with van der Waals surface area (Å²) >= 11 is 4.99. The van der Waals surface area contributed by atoms with Crippen LogP contribution in [0.5, 0.6) is 5.88 Å². The van der Waals surface area contributed by atoms with Crippen LogP contribution < -0.4 is 4.74 Å². The molecular formula is C13H13FN2O3S2. The smallest absolute Gasteiger partial charge is 0.338 e. The van der Waals surface area contributed by atoms with Crippen LogP contribution >= 0.6 is 24.6 Å². The van der Waals surface area contributed by atoms with Crippen LogP contribution in [0.2, 0.25) is 0 Å². The van der Waals surface area contributed by atoms with E-state index in [0.29, 0.717) is 21.9 Å². The highest BCUT2D eigenvalue weighted by atomic mass is 32.2. The van der Waals surface area contributed by atoms with E-state index in [9.17, 15) is 9.18 Å². The molecule has 1 heterocycles. The van der Waals surface area contributed by atoms with Gasteiger partial charge in [0, 0.05) is 22.7 Å². The van der Waals surface area contributed by atoms with E-state index in [1.807, 2.05) is 0 Å². The highest BCUT2D eigenvalue weighted by Crippen LogP contribution is 2.27. The molecular weight excluding hydrogens is 315 g/mol. The van der Waals surface area contributed by atoms with Gasteiger partial charge in [-0.25, -0.2) is 13.3 Å². The molecule has 0 saturated heterocycles. The number of aromatic nitrogens is 2. The normalized spacial score (nSPS) is 10.4. The van der Waals surface area contributed by atoms with Gasteiger partial charge in [0.05, 0.1) is 12.7 Å². The lowest BCUT2D eigenvalue weighted by Gasteiger charge is -2.12. The maximum atomic E-state index is 12.6. The van der Waals surface area contributed by atoms with Gasteiger partial charge in [0.1, 0.15) is 12.6 Å². The zero-order valence-corrected chi connectivity index (χ0v) is 12.9. The van der Waals surface area contributed by atoms with Crippen molar-refractivity contribution in [2.24, 2.45) is 0 Å². The number of methoxy groups -OCH3 is 1. The van der Waals surface area contributed by atoms with E-state index < -0.39 is 12.0 Å². The van der Waals surface area contributed by atoms with E-state index in [-0.39, 0.29) is 6.61 Å². The van der Waals surface area contributed by atoms with Crippen LogP contribution in [-0.2, 0) is 11.3 Å². The van der Waals surface area contributed by atoms with Crippen LogP contribution in [-0.4, -0.2) is 28.3 Å². The van der Waals surface area contributed by atoms with Crippen molar-refractivity contribution in [1.82, 2.24) is 9.19 Å². The lowest BCUT2D eigenvalue weighted by atomic mass is 10.1. The monoisotopic (exact) mass is 328 g/mol. The van der Waals surface area contributed by atoms with Gasteiger partial charge in [-0.15, -0.1) is 5.10 Å². The number of alkyl halides is 1. The Hall–Kier alpha value is -1.67. The van der Waals surface area contributed by atoms with Crippen LogP contribution in [0, 0.1) is 0 Å². The first-order valence-corrected chi connectivity index (χ1v) is 7.31. The third kappa shape index (κ3) is 3.92. The molecule has 1 aromatic carbocycles. The SMILES string of the molecule is COC(=O)c1cccc(SCF)c1COc1ccn(S)n1. The second-order valence-electron chi connectivity index (χ2n) is 3.89. The minimum atomic E-state index is -0.594. The Morgan fingerprint density at radius 2 is 2.29 bits per heavy atom. The molecule has 0 saturated carbocycles. The number of rotatable bonds is 6. The van der Waals surface area contributed by atoms with Crippen molar-refractivity contribution in [1.29, 1.82) is 0 Å². The quantitative estimate of drug-likeness (QED) is 0.502. The molecule has 0 unspecified atom stereocenters.